The van der Waals surface area contributed by atoms with E-state index >= 15 is 0 Å². The van der Waals surface area contributed by atoms with Crippen molar-refractivity contribution in [2.75, 3.05) is 4.90 Å². The molecule has 12 aromatic rings. The van der Waals surface area contributed by atoms with Gasteiger partial charge in [-0.15, -0.1) is 0 Å². The normalized spacial score (nSPS) is 11.6. The Kier molecular flexibility index (Phi) is 8.25. The van der Waals surface area contributed by atoms with Crippen LogP contribution < -0.4 is 4.90 Å². The average molecular weight is 774 g/mol. The highest BCUT2D eigenvalue weighted by molar-refractivity contribution is 6.23. The van der Waals surface area contributed by atoms with Crippen LogP contribution in [0.15, 0.2) is 237 Å². The fourth-order valence-corrected chi connectivity index (χ4v) is 9.77. The van der Waals surface area contributed by atoms with Crippen LogP contribution in [0, 0.1) is 0 Å². The second-order valence-corrected chi connectivity index (χ2v) is 16.0. The van der Waals surface area contributed by atoms with Gasteiger partial charge in [-0.25, -0.2) is 0 Å². The summed E-state index contributed by atoms with van der Waals surface area (Å²) in [5.74, 6) is 0. The van der Waals surface area contributed by atoms with Crippen LogP contribution in [0.3, 0.4) is 0 Å². The molecule has 0 radical (unpaired) electrons. The predicted octanol–water partition coefficient (Wildman–Crippen LogP) is 17.1. The Hall–Kier alpha value is -8.00. The summed E-state index contributed by atoms with van der Waals surface area (Å²) in [5, 5.41) is 15.0. The molecular weight excluding hydrogens is 735 g/mol. The van der Waals surface area contributed by atoms with E-state index in [1.54, 1.807) is 0 Å². The highest BCUT2D eigenvalue weighted by Gasteiger charge is 2.22. The topological polar surface area (TPSA) is 3.24 Å². The fraction of sp³-hybridized carbons (Fsp3) is 0. The number of benzene rings is 12. The van der Waals surface area contributed by atoms with E-state index in [9.17, 15) is 0 Å². The van der Waals surface area contributed by atoms with E-state index in [0.717, 1.165) is 17.1 Å². The smallest absolute Gasteiger partial charge is 0.0546 e. The molecule has 12 aromatic carbocycles. The Bertz CT molecular complexity index is 3630. The molecule has 1 nitrogen and oxygen atoms in total. The molecule has 0 unspecified atom stereocenters. The van der Waals surface area contributed by atoms with Crippen molar-refractivity contribution in [3.05, 3.63) is 237 Å². The van der Waals surface area contributed by atoms with E-state index in [-0.39, 0.29) is 0 Å². The maximum absolute atomic E-state index is 2.47. The standard InChI is InChI=1S/C60H39N/c1-3-16-42(17-4-1)59-56-26-14-12-24-53(56)54-36-34-48(39-57(54)60(59)43-18-5-2-6-19-43)61(58-38-45-20-8-10-22-50(45)52-23-11-13-25-55(52)58)47-32-29-40(30-33-47)44-31-35-51-46(37-44)28-27-41-15-7-9-21-49(41)51/h1-39H. The average Bonchev–Trinajstić information content (AvgIpc) is 3.34. The lowest BCUT2D eigenvalue weighted by atomic mass is 9.85. The van der Waals surface area contributed by atoms with Crippen molar-refractivity contribution in [3.8, 4) is 33.4 Å². The molecule has 0 heterocycles. The summed E-state index contributed by atoms with van der Waals surface area (Å²) in [6, 6.07) is 86.9. The zero-order valence-corrected chi connectivity index (χ0v) is 33.5. The first-order valence-electron chi connectivity index (χ1n) is 21.1. The van der Waals surface area contributed by atoms with Crippen LogP contribution in [0.1, 0.15) is 0 Å². The SMILES string of the molecule is c1ccc(-c2c(-c3ccccc3)c3cc(N(c4ccc(-c5ccc6c(ccc7ccccc76)c5)cc4)c4cc5ccccc5c5ccccc45)ccc3c3ccccc23)cc1. The Morgan fingerprint density at radius 1 is 0.213 bits per heavy atom. The largest absolute Gasteiger partial charge is 0.310 e. The molecule has 0 aliphatic rings. The van der Waals surface area contributed by atoms with Crippen molar-refractivity contribution >= 4 is 81.7 Å². The van der Waals surface area contributed by atoms with Crippen LogP contribution in [-0.2, 0) is 0 Å². The van der Waals surface area contributed by atoms with Gasteiger partial charge < -0.3 is 4.90 Å². The monoisotopic (exact) mass is 773 g/mol. The summed E-state index contributed by atoms with van der Waals surface area (Å²) in [4.78, 5) is 2.47. The second-order valence-electron chi connectivity index (χ2n) is 16.0. The minimum Gasteiger partial charge on any atom is -0.310 e. The van der Waals surface area contributed by atoms with Gasteiger partial charge in [0.25, 0.3) is 0 Å². The molecule has 0 saturated heterocycles. The van der Waals surface area contributed by atoms with E-state index in [0.29, 0.717) is 0 Å². The van der Waals surface area contributed by atoms with Crippen LogP contribution in [0.2, 0.25) is 0 Å². The summed E-state index contributed by atoms with van der Waals surface area (Å²) < 4.78 is 0. The number of nitrogens with zero attached hydrogens (tertiary/aromatic N) is 1. The van der Waals surface area contributed by atoms with Crippen molar-refractivity contribution in [3.63, 3.8) is 0 Å². The lowest BCUT2D eigenvalue weighted by Gasteiger charge is -2.29. The molecule has 0 aliphatic carbocycles. The van der Waals surface area contributed by atoms with Gasteiger partial charge in [0.15, 0.2) is 0 Å². The summed E-state index contributed by atoms with van der Waals surface area (Å²) in [6.45, 7) is 0. The van der Waals surface area contributed by atoms with Gasteiger partial charge in [-0.05, 0) is 129 Å². The quantitative estimate of drug-likeness (QED) is 0.152. The maximum Gasteiger partial charge on any atom is 0.0546 e. The number of hydrogen-bond donors (Lipinski definition) is 0. The molecule has 61 heavy (non-hydrogen) atoms. The van der Waals surface area contributed by atoms with Gasteiger partial charge in [-0.3, -0.25) is 0 Å². The third-order valence-corrected chi connectivity index (χ3v) is 12.6. The Morgan fingerprint density at radius 3 is 1.36 bits per heavy atom. The minimum atomic E-state index is 1.10. The Morgan fingerprint density at radius 2 is 0.656 bits per heavy atom. The lowest BCUT2D eigenvalue weighted by molar-refractivity contribution is 1.31. The first-order valence-corrected chi connectivity index (χ1v) is 21.1. The van der Waals surface area contributed by atoms with Gasteiger partial charge >= 0.3 is 0 Å². The molecule has 284 valence electrons. The fourth-order valence-electron chi connectivity index (χ4n) is 9.77. The molecule has 1 heteroatoms. The third kappa shape index (κ3) is 5.86. The highest BCUT2D eigenvalue weighted by atomic mass is 15.1. The lowest BCUT2D eigenvalue weighted by Crippen LogP contribution is -2.11. The van der Waals surface area contributed by atoms with E-state index in [4.69, 9.17) is 0 Å². The number of rotatable bonds is 6. The molecule has 0 aliphatic heterocycles. The molecule has 0 saturated carbocycles. The number of hydrogen-bond acceptors (Lipinski definition) is 1. The first kappa shape index (κ1) is 35.0. The van der Waals surface area contributed by atoms with Crippen LogP contribution in [0.4, 0.5) is 17.1 Å². The molecule has 0 N–H and O–H groups in total. The highest BCUT2D eigenvalue weighted by Crippen LogP contribution is 2.48. The molecule has 0 fully saturated rings. The van der Waals surface area contributed by atoms with Crippen molar-refractivity contribution in [2.24, 2.45) is 0 Å². The van der Waals surface area contributed by atoms with Crippen LogP contribution in [-0.4, -0.2) is 0 Å². The Labute approximate surface area is 355 Å². The molecular formula is C60H39N. The van der Waals surface area contributed by atoms with Gasteiger partial charge in [0.2, 0.25) is 0 Å². The molecule has 12 rings (SSSR count). The Balaban J connectivity index is 1.11. The van der Waals surface area contributed by atoms with Crippen LogP contribution >= 0.6 is 0 Å². The molecule has 0 amide bonds. The summed E-state index contributed by atoms with van der Waals surface area (Å²) in [6.07, 6.45) is 0. The molecule has 0 bridgehead atoms. The van der Waals surface area contributed by atoms with Gasteiger partial charge in [0.1, 0.15) is 0 Å². The van der Waals surface area contributed by atoms with Crippen molar-refractivity contribution < 1.29 is 0 Å². The molecule has 0 spiro atoms. The van der Waals surface area contributed by atoms with Crippen LogP contribution in [0.25, 0.3) is 98.0 Å². The minimum absolute atomic E-state index is 1.10. The maximum atomic E-state index is 2.47. The van der Waals surface area contributed by atoms with Crippen molar-refractivity contribution in [2.45, 2.75) is 0 Å². The first-order chi connectivity index (χ1) is 30.3. The molecule has 0 aromatic heterocycles. The zero-order valence-electron chi connectivity index (χ0n) is 33.5. The van der Waals surface area contributed by atoms with E-state index in [1.165, 1.54) is 98.0 Å². The van der Waals surface area contributed by atoms with E-state index in [2.05, 4.69) is 241 Å². The van der Waals surface area contributed by atoms with Gasteiger partial charge in [0.05, 0.1) is 5.69 Å². The summed E-state index contributed by atoms with van der Waals surface area (Å²) in [7, 11) is 0. The number of anilines is 3. The zero-order chi connectivity index (χ0) is 40.3. The molecule has 0 atom stereocenters. The van der Waals surface area contributed by atoms with Gasteiger partial charge in [-0.2, -0.15) is 0 Å². The second kappa shape index (κ2) is 14.4. The summed E-state index contributed by atoms with van der Waals surface area (Å²) >= 11 is 0. The van der Waals surface area contributed by atoms with E-state index in [1.807, 2.05) is 0 Å². The number of fused-ring (bicyclic) bond motifs is 9. The van der Waals surface area contributed by atoms with E-state index < -0.39 is 0 Å². The predicted molar refractivity (Wildman–Crippen MR) is 262 cm³/mol. The van der Waals surface area contributed by atoms with Crippen molar-refractivity contribution in [1.29, 1.82) is 0 Å². The van der Waals surface area contributed by atoms with Crippen molar-refractivity contribution in [1.82, 2.24) is 0 Å². The van der Waals surface area contributed by atoms with Gasteiger partial charge in [0, 0.05) is 16.8 Å². The third-order valence-electron chi connectivity index (χ3n) is 12.6. The van der Waals surface area contributed by atoms with Gasteiger partial charge in [-0.1, -0.05) is 200 Å². The summed E-state index contributed by atoms with van der Waals surface area (Å²) in [5.41, 5.74) is 10.6. The van der Waals surface area contributed by atoms with Crippen LogP contribution in [0.5, 0.6) is 0 Å².